The second kappa shape index (κ2) is 5.84. The van der Waals surface area contributed by atoms with Crippen LogP contribution in [0.15, 0.2) is 47.2 Å². The molecule has 0 bridgehead atoms. The molecule has 3 aromatic rings. The van der Waals surface area contributed by atoms with Crippen LogP contribution in [0.2, 0.25) is 0 Å². The van der Waals surface area contributed by atoms with Crippen LogP contribution in [0.5, 0.6) is 0 Å². The quantitative estimate of drug-likeness (QED) is 0.749. The SMILES string of the molecule is OCC(NCc1cccs1)c1csc2ccccc12. The zero-order valence-electron chi connectivity index (χ0n) is 10.4. The summed E-state index contributed by atoms with van der Waals surface area (Å²) in [5.41, 5.74) is 1.19. The first kappa shape index (κ1) is 12.8. The number of aliphatic hydroxyl groups is 1. The molecular weight excluding hydrogens is 274 g/mol. The van der Waals surface area contributed by atoms with Gasteiger partial charge in [-0.1, -0.05) is 24.3 Å². The van der Waals surface area contributed by atoms with Crippen molar-refractivity contribution in [2.45, 2.75) is 12.6 Å². The standard InChI is InChI=1S/C15H15NOS2/c17-9-14(16-8-11-4-3-7-18-11)13-10-19-15-6-2-1-5-12(13)15/h1-7,10,14,16-17H,8-9H2. The van der Waals surface area contributed by atoms with Crippen LogP contribution in [-0.2, 0) is 6.54 Å². The molecule has 4 heteroatoms. The lowest BCUT2D eigenvalue weighted by Gasteiger charge is -2.15. The number of rotatable bonds is 5. The molecule has 0 aliphatic carbocycles. The number of aliphatic hydroxyl groups excluding tert-OH is 1. The van der Waals surface area contributed by atoms with E-state index >= 15 is 0 Å². The molecule has 3 rings (SSSR count). The largest absolute Gasteiger partial charge is 0.394 e. The normalized spacial score (nSPS) is 12.9. The van der Waals surface area contributed by atoms with Crippen molar-refractivity contribution in [3.63, 3.8) is 0 Å². The first-order valence-electron chi connectivity index (χ1n) is 6.21. The Labute approximate surface area is 120 Å². The van der Waals surface area contributed by atoms with Crippen LogP contribution in [-0.4, -0.2) is 11.7 Å². The van der Waals surface area contributed by atoms with E-state index in [1.165, 1.54) is 20.5 Å². The van der Waals surface area contributed by atoms with Gasteiger partial charge in [0.2, 0.25) is 0 Å². The number of fused-ring (bicyclic) bond motifs is 1. The highest BCUT2D eigenvalue weighted by atomic mass is 32.1. The maximum Gasteiger partial charge on any atom is 0.0627 e. The van der Waals surface area contributed by atoms with Crippen molar-refractivity contribution in [2.75, 3.05) is 6.61 Å². The van der Waals surface area contributed by atoms with Crippen molar-refractivity contribution in [2.24, 2.45) is 0 Å². The fraction of sp³-hybridized carbons (Fsp3) is 0.200. The molecule has 1 unspecified atom stereocenters. The Morgan fingerprint density at radius 2 is 2.00 bits per heavy atom. The van der Waals surface area contributed by atoms with Crippen molar-refractivity contribution in [3.8, 4) is 0 Å². The van der Waals surface area contributed by atoms with Gasteiger partial charge >= 0.3 is 0 Å². The van der Waals surface area contributed by atoms with Gasteiger partial charge in [-0.2, -0.15) is 0 Å². The predicted octanol–water partition coefficient (Wildman–Crippen LogP) is 3.79. The second-order valence-corrected chi connectivity index (χ2v) is 6.33. The van der Waals surface area contributed by atoms with Crippen LogP contribution in [0.25, 0.3) is 10.1 Å². The topological polar surface area (TPSA) is 32.3 Å². The van der Waals surface area contributed by atoms with E-state index in [2.05, 4.69) is 46.4 Å². The molecule has 2 aromatic heterocycles. The van der Waals surface area contributed by atoms with Gasteiger partial charge in [0, 0.05) is 16.1 Å². The number of thiophene rings is 2. The Morgan fingerprint density at radius 3 is 2.79 bits per heavy atom. The molecular formula is C15H15NOS2. The average molecular weight is 289 g/mol. The Bertz CT molecular complexity index is 645. The first-order valence-corrected chi connectivity index (χ1v) is 7.97. The maximum absolute atomic E-state index is 9.63. The molecule has 19 heavy (non-hydrogen) atoms. The summed E-state index contributed by atoms with van der Waals surface area (Å²) in [6.45, 7) is 0.916. The van der Waals surface area contributed by atoms with Gasteiger partial charge in [-0.3, -0.25) is 0 Å². The molecule has 1 aromatic carbocycles. The smallest absolute Gasteiger partial charge is 0.0627 e. The molecule has 2 N–H and O–H groups in total. The highest BCUT2D eigenvalue weighted by Gasteiger charge is 2.14. The van der Waals surface area contributed by atoms with E-state index in [1.807, 2.05) is 6.07 Å². The van der Waals surface area contributed by atoms with Crippen molar-refractivity contribution < 1.29 is 5.11 Å². The molecule has 0 aliphatic rings. The average Bonchev–Trinajstić information content (AvgIpc) is 3.09. The summed E-state index contributed by atoms with van der Waals surface area (Å²) in [6, 6.07) is 12.5. The third-order valence-corrected chi connectivity index (χ3v) is 5.03. The van der Waals surface area contributed by atoms with Gasteiger partial charge in [-0.15, -0.1) is 22.7 Å². The second-order valence-electron chi connectivity index (χ2n) is 4.38. The van der Waals surface area contributed by atoms with Crippen LogP contribution < -0.4 is 5.32 Å². The summed E-state index contributed by atoms with van der Waals surface area (Å²) in [4.78, 5) is 1.29. The van der Waals surface area contributed by atoms with E-state index < -0.39 is 0 Å². The third-order valence-electron chi connectivity index (χ3n) is 3.17. The molecule has 98 valence electrons. The van der Waals surface area contributed by atoms with Crippen LogP contribution in [0.3, 0.4) is 0 Å². The van der Waals surface area contributed by atoms with Gasteiger partial charge in [0.05, 0.1) is 12.6 Å². The molecule has 0 saturated carbocycles. The Balaban J connectivity index is 1.81. The van der Waals surface area contributed by atoms with E-state index in [1.54, 1.807) is 22.7 Å². The van der Waals surface area contributed by atoms with E-state index in [9.17, 15) is 5.11 Å². The Kier molecular flexibility index (Phi) is 3.94. The van der Waals surface area contributed by atoms with Gasteiger partial charge in [-0.05, 0) is 33.8 Å². The summed E-state index contributed by atoms with van der Waals surface area (Å²) in [7, 11) is 0. The monoisotopic (exact) mass is 289 g/mol. The lowest BCUT2D eigenvalue weighted by atomic mass is 10.1. The van der Waals surface area contributed by atoms with E-state index in [0.29, 0.717) is 0 Å². The highest BCUT2D eigenvalue weighted by Crippen LogP contribution is 2.30. The molecule has 0 fully saturated rings. The molecule has 2 heterocycles. The number of benzene rings is 1. The molecule has 0 radical (unpaired) electrons. The van der Waals surface area contributed by atoms with Crippen molar-refractivity contribution in [3.05, 3.63) is 57.6 Å². The van der Waals surface area contributed by atoms with Crippen molar-refractivity contribution in [1.82, 2.24) is 5.32 Å². The Hall–Kier alpha value is -1.20. The molecule has 0 spiro atoms. The predicted molar refractivity (Wildman–Crippen MR) is 82.8 cm³/mol. The molecule has 0 aliphatic heterocycles. The highest BCUT2D eigenvalue weighted by molar-refractivity contribution is 7.17. The maximum atomic E-state index is 9.63. The molecule has 0 amide bonds. The summed E-state index contributed by atoms with van der Waals surface area (Å²) in [5.74, 6) is 0. The number of hydrogen-bond acceptors (Lipinski definition) is 4. The lowest BCUT2D eigenvalue weighted by molar-refractivity contribution is 0.245. The van der Waals surface area contributed by atoms with E-state index in [-0.39, 0.29) is 12.6 Å². The summed E-state index contributed by atoms with van der Waals surface area (Å²) >= 11 is 3.47. The van der Waals surface area contributed by atoms with E-state index in [4.69, 9.17) is 0 Å². The lowest BCUT2D eigenvalue weighted by Crippen LogP contribution is -2.23. The minimum absolute atomic E-state index is 0.00162. The van der Waals surface area contributed by atoms with Gasteiger partial charge in [0.15, 0.2) is 0 Å². The molecule has 1 atom stereocenters. The molecule has 0 saturated heterocycles. The minimum atomic E-state index is -0.00162. The van der Waals surface area contributed by atoms with Crippen LogP contribution in [0.1, 0.15) is 16.5 Å². The summed E-state index contributed by atoms with van der Waals surface area (Å²) in [6.07, 6.45) is 0. The van der Waals surface area contributed by atoms with Crippen molar-refractivity contribution >= 4 is 32.8 Å². The zero-order valence-corrected chi connectivity index (χ0v) is 12.0. The summed E-state index contributed by atoms with van der Waals surface area (Å²) in [5, 5.41) is 18.5. The third kappa shape index (κ3) is 2.72. The Morgan fingerprint density at radius 1 is 1.11 bits per heavy atom. The van der Waals surface area contributed by atoms with Gasteiger partial charge in [-0.25, -0.2) is 0 Å². The van der Waals surface area contributed by atoms with Gasteiger partial charge < -0.3 is 10.4 Å². The minimum Gasteiger partial charge on any atom is -0.394 e. The fourth-order valence-corrected chi connectivity index (χ4v) is 3.85. The first-order chi connectivity index (χ1) is 9.38. The number of hydrogen-bond donors (Lipinski definition) is 2. The van der Waals surface area contributed by atoms with Crippen LogP contribution >= 0.6 is 22.7 Å². The van der Waals surface area contributed by atoms with Gasteiger partial charge in [0.1, 0.15) is 0 Å². The number of nitrogens with one attached hydrogen (secondary N) is 1. The zero-order chi connectivity index (χ0) is 13.1. The molecule has 2 nitrogen and oxygen atoms in total. The van der Waals surface area contributed by atoms with Crippen LogP contribution in [0, 0.1) is 0 Å². The van der Waals surface area contributed by atoms with Crippen molar-refractivity contribution in [1.29, 1.82) is 0 Å². The summed E-state index contributed by atoms with van der Waals surface area (Å²) < 4.78 is 1.27. The van der Waals surface area contributed by atoms with Gasteiger partial charge in [0.25, 0.3) is 0 Å². The van der Waals surface area contributed by atoms with Crippen LogP contribution in [0.4, 0.5) is 0 Å². The van der Waals surface area contributed by atoms with E-state index in [0.717, 1.165) is 6.54 Å². The fourth-order valence-electron chi connectivity index (χ4n) is 2.18.